The van der Waals surface area contributed by atoms with Gasteiger partial charge in [-0.15, -0.1) is 0 Å². The van der Waals surface area contributed by atoms with Crippen molar-refractivity contribution in [2.75, 3.05) is 0 Å². The highest BCUT2D eigenvalue weighted by molar-refractivity contribution is 5.76. The number of carbonyl (C=O) groups is 2. The maximum Gasteiger partial charge on any atom is 0.309 e. The topological polar surface area (TPSA) is 94.8 Å². The minimum atomic E-state index is -0.862. The number of carboxylic acid groups (broad SMARTS) is 2. The van der Waals surface area contributed by atoms with Crippen LogP contribution in [-0.4, -0.2) is 33.4 Å². The third kappa shape index (κ3) is 2.75. The zero-order chi connectivity index (χ0) is 25.9. The molecular weight excluding hydrogens is 440 g/mol. The average Bonchev–Trinajstić information content (AvgIpc) is 3.21. The van der Waals surface area contributed by atoms with Gasteiger partial charge in [-0.25, -0.2) is 0 Å². The fraction of sp³-hybridized carbons (Fsp3) is 0.867. The fourth-order valence-corrected chi connectivity index (χ4v) is 11.8. The lowest BCUT2D eigenvalue weighted by Gasteiger charge is -2.70. The zero-order valence-corrected chi connectivity index (χ0v) is 22.6. The molecule has 0 aromatic rings. The fourth-order valence-electron chi connectivity index (χ4n) is 11.8. The molecule has 0 spiro atoms. The minimum absolute atomic E-state index is 0.0493. The number of aliphatic hydroxyl groups is 1. The van der Waals surface area contributed by atoms with E-state index >= 15 is 0 Å². The summed E-state index contributed by atoms with van der Waals surface area (Å²) in [4.78, 5) is 25.4. The van der Waals surface area contributed by atoms with Gasteiger partial charge in [-0.05, 0) is 110 Å². The van der Waals surface area contributed by atoms with Crippen LogP contribution >= 0.6 is 0 Å². The lowest BCUT2D eigenvalue weighted by molar-refractivity contribution is -0.228. The SMILES string of the molecule is C=C(C)[C@@H]1CC[C@]2(C(=O)O)CC[C@]3(C)[C@H](CC[C@H]4[C@@]5(C)[C@H](C(=O)O)[C@@H](O)C(C)(C)[C@@H]5CC[C@]43C)[C@@H]12. The number of hydrogen-bond acceptors (Lipinski definition) is 3. The van der Waals surface area contributed by atoms with Crippen LogP contribution in [0.25, 0.3) is 0 Å². The van der Waals surface area contributed by atoms with Gasteiger partial charge >= 0.3 is 11.9 Å². The molecule has 0 heterocycles. The van der Waals surface area contributed by atoms with E-state index in [1.165, 1.54) is 0 Å². The van der Waals surface area contributed by atoms with Crippen LogP contribution in [0, 0.1) is 62.6 Å². The molecule has 196 valence electrons. The summed E-state index contributed by atoms with van der Waals surface area (Å²) < 4.78 is 0. The predicted octanol–water partition coefficient (Wildman–Crippen LogP) is 6.01. The molecule has 35 heavy (non-hydrogen) atoms. The molecule has 5 aliphatic carbocycles. The van der Waals surface area contributed by atoms with Crippen molar-refractivity contribution >= 4 is 11.9 Å². The van der Waals surface area contributed by atoms with Gasteiger partial charge in [-0.3, -0.25) is 9.59 Å². The average molecular weight is 487 g/mol. The summed E-state index contributed by atoms with van der Waals surface area (Å²) in [6.07, 6.45) is 6.24. The molecule has 5 rings (SSSR count). The van der Waals surface area contributed by atoms with Gasteiger partial charge < -0.3 is 15.3 Å². The van der Waals surface area contributed by atoms with E-state index in [9.17, 15) is 24.9 Å². The van der Waals surface area contributed by atoms with Crippen LogP contribution in [0.4, 0.5) is 0 Å². The largest absolute Gasteiger partial charge is 0.481 e. The Morgan fingerprint density at radius 3 is 2.06 bits per heavy atom. The molecule has 5 heteroatoms. The normalized spacial score (nSPS) is 54.2. The Balaban J connectivity index is 1.62. The molecule has 5 fully saturated rings. The first-order chi connectivity index (χ1) is 16.1. The van der Waals surface area contributed by atoms with Gasteiger partial charge in [0, 0.05) is 0 Å². The number of allylic oxidation sites excluding steroid dienone is 1. The van der Waals surface area contributed by atoms with Crippen LogP contribution in [0.15, 0.2) is 12.2 Å². The smallest absolute Gasteiger partial charge is 0.309 e. The van der Waals surface area contributed by atoms with E-state index < -0.39 is 40.2 Å². The van der Waals surface area contributed by atoms with Gasteiger partial charge in [0.15, 0.2) is 0 Å². The zero-order valence-electron chi connectivity index (χ0n) is 22.6. The second-order valence-corrected chi connectivity index (χ2v) is 14.6. The van der Waals surface area contributed by atoms with Crippen molar-refractivity contribution in [3.8, 4) is 0 Å². The van der Waals surface area contributed by atoms with Crippen molar-refractivity contribution in [2.45, 2.75) is 99.0 Å². The molecule has 0 radical (unpaired) electrons. The summed E-state index contributed by atoms with van der Waals surface area (Å²) in [5.41, 5.74) is -0.558. The molecule has 0 amide bonds. The Morgan fingerprint density at radius 1 is 0.829 bits per heavy atom. The predicted molar refractivity (Wildman–Crippen MR) is 135 cm³/mol. The maximum absolute atomic E-state index is 12.8. The van der Waals surface area contributed by atoms with Crippen molar-refractivity contribution in [1.29, 1.82) is 0 Å². The van der Waals surface area contributed by atoms with E-state index in [1.807, 2.05) is 0 Å². The Morgan fingerprint density at radius 2 is 1.49 bits per heavy atom. The Hall–Kier alpha value is -1.36. The lowest BCUT2D eigenvalue weighted by Crippen LogP contribution is -2.65. The first-order valence-corrected chi connectivity index (χ1v) is 13.9. The van der Waals surface area contributed by atoms with E-state index in [4.69, 9.17) is 0 Å². The molecular formula is C30H46O5. The van der Waals surface area contributed by atoms with Crippen LogP contribution in [0.2, 0.25) is 0 Å². The molecule has 5 aliphatic rings. The highest BCUT2D eigenvalue weighted by Crippen LogP contribution is 2.79. The van der Waals surface area contributed by atoms with Crippen molar-refractivity contribution in [1.82, 2.24) is 0 Å². The third-order valence-corrected chi connectivity index (χ3v) is 13.6. The van der Waals surface area contributed by atoms with Gasteiger partial charge in [0.25, 0.3) is 0 Å². The van der Waals surface area contributed by atoms with E-state index in [-0.39, 0.29) is 34.5 Å². The van der Waals surface area contributed by atoms with Gasteiger partial charge in [0.05, 0.1) is 17.4 Å². The molecule has 0 aliphatic heterocycles. The highest BCUT2D eigenvalue weighted by Gasteiger charge is 2.75. The first kappa shape index (κ1) is 25.3. The van der Waals surface area contributed by atoms with Gasteiger partial charge in [0.2, 0.25) is 0 Å². The van der Waals surface area contributed by atoms with Gasteiger partial charge in [0.1, 0.15) is 0 Å². The van der Waals surface area contributed by atoms with Gasteiger partial charge in [-0.2, -0.15) is 0 Å². The highest BCUT2D eigenvalue weighted by atomic mass is 16.4. The van der Waals surface area contributed by atoms with Crippen molar-refractivity contribution in [2.24, 2.45) is 62.6 Å². The summed E-state index contributed by atoms with van der Waals surface area (Å²) >= 11 is 0. The number of fused-ring (bicyclic) bond motifs is 7. The molecule has 0 aromatic heterocycles. The Bertz CT molecular complexity index is 970. The number of hydrogen-bond donors (Lipinski definition) is 3. The minimum Gasteiger partial charge on any atom is -0.481 e. The van der Waals surface area contributed by atoms with Crippen molar-refractivity contribution in [3.63, 3.8) is 0 Å². The van der Waals surface area contributed by atoms with Crippen LogP contribution < -0.4 is 0 Å². The summed E-state index contributed by atoms with van der Waals surface area (Å²) in [6.45, 7) is 17.5. The van der Waals surface area contributed by atoms with Gasteiger partial charge in [-0.1, -0.05) is 46.8 Å². The van der Waals surface area contributed by atoms with Crippen LogP contribution in [0.3, 0.4) is 0 Å². The molecule has 0 bridgehead atoms. The van der Waals surface area contributed by atoms with E-state index in [0.717, 1.165) is 50.5 Å². The summed E-state index contributed by atoms with van der Waals surface area (Å²) in [5.74, 6) is -1.21. The second-order valence-electron chi connectivity index (χ2n) is 14.6. The lowest BCUT2D eigenvalue weighted by atomic mass is 9.34. The molecule has 11 atom stereocenters. The third-order valence-electron chi connectivity index (χ3n) is 13.6. The van der Waals surface area contributed by atoms with Crippen LogP contribution in [-0.2, 0) is 9.59 Å². The van der Waals surface area contributed by atoms with Crippen LogP contribution in [0.1, 0.15) is 92.9 Å². The summed E-state index contributed by atoms with van der Waals surface area (Å²) in [7, 11) is 0. The number of aliphatic hydroxyl groups excluding tert-OH is 1. The van der Waals surface area contributed by atoms with E-state index in [2.05, 4.69) is 48.1 Å². The number of aliphatic carboxylic acids is 2. The van der Waals surface area contributed by atoms with E-state index in [1.54, 1.807) is 0 Å². The molecule has 0 aromatic carbocycles. The Kier molecular flexibility index (Phi) is 5.32. The maximum atomic E-state index is 12.8. The Labute approximate surface area is 210 Å². The van der Waals surface area contributed by atoms with Crippen LogP contribution in [0.5, 0.6) is 0 Å². The van der Waals surface area contributed by atoms with Crippen molar-refractivity contribution in [3.05, 3.63) is 12.2 Å². The standard InChI is InChI=1S/C30H46O5/c1-16(2)17-10-13-30(25(34)35)15-14-27(5)18(21(17)30)8-9-20-28(27,6)12-11-19-26(3,4)23(31)22(24(32)33)29(19,20)7/h17-23,31H,1,8-15H2,2-7H3,(H,32,33)(H,34,35)/t17-,18+,19-,20+,21+,22-,23+,27+,28+,29-,30-/m0/s1. The number of rotatable bonds is 3. The first-order valence-electron chi connectivity index (χ1n) is 13.9. The molecule has 5 saturated carbocycles. The van der Waals surface area contributed by atoms with E-state index in [0.29, 0.717) is 12.3 Å². The second kappa shape index (κ2) is 7.36. The molecule has 5 nitrogen and oxygen atoms in total. The monoisotopic (exact) mass is 486 g/mol. The number of carboxylic acids is 2. The quantitative estimate of drug-likeness (QED) is 0.425. The summed E-state index contributed by atoms with van der Waals surface area (Å²) in [5, 5.41) is 32.2. The molecule has 0 saturated heterocycles. The summed E-state index contributed by atoms with van der Waals surface area (Å²) in [6, 6.07) is 0. The van der Waals surface area contributed by atoms with Crippen molar-refractivity contribution < 1.29 is 24.9 Å². The molecule has 0 unspecified atom stereocenters. The molecule has 3 N–H and O–H groups in total.